The quantitative estimate of drug-likeness (QED) is 0.767. The molecule has 0 saturated carbocycles. The molecule has 1 saturated heterocycles. The molecule has 1 N–H and O–H groups in total. The third kappa shape index (κ3) is 3.69. The van der Waals surface area contributed by atoms with Crippen LogP contribution in [-0.2, 0) is 4.79 Å². The lowest BCUT2D eigenvalue weighted by Gasteiger charge is -2.38. The first-order valence-electron chi connectivity index (χ1n) is 6.20. The molecule has 1 heterocycles. The molecule has 0 spiro atoms. The Bertz CT molecular complexity index is 293. The minimum Gasteiger partial charge on any atom is -0.480 e. The average molecular weight is 239 g/mol. The van der Waals surface area contributed by atoms with Crippen molar-refractivity contribution in [2.45, 2.75) is 38.8 Å². The fourth-order valence-electron chi connectivity index (χ4n) is 2.25. The third-order valence-electron chi connectivity index (χ3n) is 3.37. The Labute approximate surface area is 103 Å². The first-order valence-corrected chi connectivity index (χ1v) is 6.20. The van der Waals surface area contributed by atoms with Crippen LogP contribution >= 0.6 is 0 Å². The molecule has 17 heavy (non-hydrogen) atoms. The van der Waals surface area contributed by atoms with Gasteiger partial charge in [-0.2, -0.15) is 5.26 Å². The van der Waals surface area contributed by atoms with Gasteiger partial charge in [-0.1, -0.05) is 13.3 Å². The predicted molar refractivity (Wildman–Crippen MR) is 64.6 cm³/mol. The summed E-state index contributed by atoms with van der Waals surface area (Å²) in [7, 11) is 0. The second-order valence-electron chi connectivity index (χ2n) is 4.52. The van der Waals surface area contributed by atoms with Crippen molar-refractivity contribution in [3.8, 4) is 6.07 Å². The largest absolute Gasteiger partial charge is 0.480 e. The van der Waals surface area contributed by atoms with Crippen LogP contribution in [0.15, 0.2) is 0 Å². The minimum atomic E-state index is -0.728. The number of aliphatic carboxylic acids is 1. The number of hydrogen-bond donors (Lipinski definition) is 1. The smallest absolute Gasteiger partial charge is 0.320 e. The van der Waals surface area contributed by atoms with Crippen LogP contribution in [0.2, 0.25) is 0 Å². The Morgan fingerprint density at radius 2 is 1.88 bits per heavy atom. The Morgan fingerprint density at radius 1 is 1.35 bits per heavy atom. The molecule has 96 valence electrons. The highest BCUT2D eigenvalue weighted by Crippen LogP contribution is 2.13. The van der Waals surface area contributed by atoms with Gasteiger partial charge in [0.2, 0.25) is 0 Å². The highest BCUT2D eigenvalue weighted by Gasteiger charge is 2.29. The lowest BCUT2D eigenvalue weighted by molar-refractivity contribution is -0.144. The SMILES string of the molecule is CCCC(C(=O)O)N1CCN(C(C)C#N)CC1. The maximum absolute atomic E-state index is 11.2. The number of carboxylic acid groups (broad SMARTS) is 1. The van der Waals surface area contributed by atoms with Gasteiger partial charge in [-0.3, -0.25) is 14.6 Å². The predicted octanol–water partition coefficient (Wildman–Crippen LogP) is 0.769. The summed E-state index contributed by atoms with van der Waals surface area (Å²) in [6.07, 6.45) is 1.58. The molecule has 0 aromatic heterocycles. The molecule has 2 atom stereocenters. The molecule has 1 fully saturated rings. The van der Waals surface area contributed by atoms with Crippen LogP contribution in [0.3, 0.4) is 0 Å². The molecule has 1 rings (SSSR count). The van der Waals surface area contributed by atoms with E-state index in [1.165, 1.54) is 0 Å². The summed E-state index contributed by atoms with van der Waals surface area (Å²) < 4.78 is 0. The lowest BCUT2D eigenvalue weighted by Crippen LogP contribution is -2.54. The molecule has 1 aliphatic rings. The number of carbonyl (C=O) groups is 1. The van der Waals surface area contributed by atoms with Gasteiger partial charge in [0.1, 0.15) is 6.04 Å². The van der Waals surface area contributed by atoms with Gasteiger partial charge in [0.05, 0.1) is 12.1 Å². The van der Waals surface area contributed by atoms with Crippen LogP contribution in [0, 0.1) is 11.3 Å². The van der Waals surface area contributed by atoms with Gasteiger partial charge in [-0.05, 0) is 13.3 Å². The highest BCUT2D eigenvalue weighted by atomic mass is 16.4. The fourth-order valence-corrected chi connectivity index (χ4v) is 2.25. The molecule has 0 aromatic carbocycles. The molecule has 0 aliphatic carbocycles. The molecule has 0 bridgehead atoms. The number of nitrogens with zero attached hydrogens (tertiary/aromatic N) is 3. The topological polar surface area (TPSA) is 67.6 Å². The van der Waals surface area contributed by atoms with Gasteiger partial charge in [0, 0.05) is 26.2 Å². The zero-order valence-corrected chi connectivity index (χ0v) is 10.6. The summed E-state index contributed by atoms with van der Waals surface area (Å²) in [6, 6.07) is 1.78. The van der Waals surface area contributed by atoms with E-state index in [4.69, 9.17) is 5.26 Å². The van der Waals surface area contributed by atoms with Gasteiger partial charge in [-0.25, -0.2) is 0 Å². The van der Waals surface area contributed by atoms with Crippen molar-refractivity contribution in [2.24, 2.45) is 0 Å². The first kappa shape index (κ1) is 13.9. The zero-order chi connectivity index (χ0) is 12.8. The van der Waals surface area contributed by atoms with E-state index in [0.717, 1.165) is 32.6 Å². The van der Waals surface area contributed by atoms with Crippen molar-refractivity contribution in [1.82, 2.24) is 9.80 Å². The van der Waals surface area contributed by atoms with E-state index in [0.29, 0.717) is 6.42 Å². The number of piperazine rings is 1. The normalized spacial score (nSPS) is 21.7. The molecular formula is C12H21N3O2. The molecule has 5 nitrogen and oxygen atoms in total. The zero-order valence-electron chi connectivity index (χ0n) is 10.6. The van der Waals surface area contributed by atoms with Crippen molar-refractivity contribution in [3.05, 3.63) is 0 Å². The highest BCUT2D eigenvalue weighted by molar-refractivity contribution is 5.73. The number of nitriles is 1. The van der Waals surface area contributed by atoms with Crippen molar-refractivity contribution in [2.75, 3.05) is 26.2 Å². The van der Waals surface area contributed by atoms with E-state index in [9.17, 15) is 9.90 Å². The van der Waals surface area contributed by atoms with Gasteiger partial charge in [-0.15, -0.1) is 0 Å². The number of rotatable bonds is 5. The van der Waals surface area contributed by atoms with Crippen LogP contribution < -0.4 is 0 Å². The summed E-state index contributed by atoms with van der Waals surface area (Å²) in [5, 5.41) is 18.0. The Kier molecular flexibility index (Phi) is 5.39. The second kappa shape index (κ2) is 6.58. The van der Waals surface area contributed by atoms with Crippen LogP contribution in [-0.4, -0.2) is 59.1 Å². The number of hydrogen-bond acceptors (Lipinski definition) is 4. The van der Waals surface area contributed by atoms with Crippen molar-refractivity contribution in [3.63, 3.8) is 0 Å². The Balaban J connectivity index is 2.50. The average Bonchev–Trinajstić information content (AvgIpc) is 2.35. The monoisotopic (exact) mass is 239 g/mol. The van der Waals surface area contributed by atoms with E-state index in [2.05, 4.69) is 11.0 Å². The van der Waals surface area contributed by atoms with Gasteiger partial charge >= 0.3 is 5.97 Å². The van der Waals surface area contributed by atoms with E-state index < -0.39 is 5.97 Å². The molecule has 0 amide bonds. The maximum atomic E-state index is 11.2. The summed E-state index contributed by atoms with van der Waals surface area (Å²) in [5.41, 5.74) is 0. The first-order chi connectivity index (χ1) is 8.10. The molecular weight excluding hydrogens is 218 g/mol. The van der Waals surface area contributed by atoms with E-state index in [1.54, 1.807) is 0 Å². The van der Waals surface area contributed by atoms with E-state index in [1.807, 2.05) is 18.7 Å². The van der Waals surface area contributed by atoms with Gasteiger partial charge in [0.25, 0.3) is 0 Å². The summed E-state index contributed by atoms with van der Waals surface area (Å²) in [5.74, 6) is -0.728. The molecule has 1 aliphatic heterocycles. The van der Waals surface area contributed by atoms with Crippen molar-refractivity contribution >= 4 is 5.97 Å². The summed E-state index contributed by atoms with van der Waals surface area (Å²) in [6.45, 7) is 6.93. The molecule has 0 aromatic rings. The summed E-state index contributed by atoms with van der Waals surface area (Å²) in [4.78, 5) is 15.3. The van der Waals surface area contributed by atoms with Crippen LogP contribution in [0.25, 0.3) is 0 Å². The van der Waals surface area contributed by atoms with Gasteiger partial charge < -0.3 is 5.11 Å². The number of carboxylic acids is 1. The maximum Gasteiger partial charge on any atom is 0.320 e. The Hall–Kier alpha value is -1.12. The standard InChI is InChI=1S/C12H21N3O2/c1-3-4-11(12(16)17)15-7-5-14(6-8-15)10(2)9-13/h10-11H,3-8H2,1-2H3,(H,16,17). The van der Waals surface area contributed by atoms with Crippen molar-refractivity contribution < 1.29 is 9.90 Å². The summed E-state index contributed by atoms with van der Waals surface area (Å²) >= 11 is 0. The van der Waals surface area contributed by atoms with E-state index in [-0.39, 0.29) is 12.1 Å². The van der Waals surface area contributed by atoms with Gasteiger partial charge in [0.15, 0.2) is 0 Å². The molecule has 2 unspecified atom stereocenters. The van der Waals surface area contributed by atoms with Crippen LogP contribution in [0.5, 0.6) is 0 Å². The van der Waals surface area contributed by atoms with Crippen molar-refractivity contribution in [1.29, 1.82) is 5.26 Å². The Morgan fingerprint density at radius 3 is 2.29 bits per heavy atom. The van der Waals surface area contributed by atoms with Crippen LogP contribution in [0.1, 0.15) is 26.7 Å². The second-order valence-corrected chi connectivity index (χ2v) is 4.52. The van der Waals surface area contributed by atoms with Crippen LogP contribution in [0.4, 0.5) is 0 Å². The fraction of sp³-hybridized carbons (Fsp3) is 0.833. The lowest BCUT2D eigenvalue weighted by atomic mass is 10.1. The molecule has 5 heteroatoms. The minimum absolute atomic E-state index is 0.0772. The molecule has 0 radical (unpaired) electrons. The third-order valence-corrected chi connectivity index (χ3v) is 3.37. The van der Waals surface area contributed by atoms with E-state index >= 15 is 0 Å².